The third-order valence-corrected chi connectivity index (χ3v) is 19.8. The van der Waals surface area contributed by atoms with E-state index in [1.807, 2.05) is 151 Å². The van der Waals surface area contributed by atoms with Gasteiger partial charge in [0.25, 0.3) is 0 Å². The molecule has 2 atom stereocenters. The van der Waals surface area contributed by atoms with Gasteiger partial charge in [-0.1, -0.05) is 88.3 Å². The quantitative estimate of drug-likeness (QED) is 0.0283. The predicted octanol–water partition coefficient (Wildman–Crippen LogP) is 16.4. The largest absolute Gasteiger partial charge is 0.341 e. The van der Waals surface area contributed by atoms with Crippen LogP contribution in [-0.4, -0.2) is 83.4 Å². The number of carbonyl (C=O) groups excluding carboxylic acids is 9. The maximum atomic E-state index is 14.3. The van der Waals surface area contributed by atoms with Crippen molar-refractivity contribution < 1.29 is 57.7 Å². The van der Waals surface area contributed by atoms with Crippen molar-refractivity contribution in [3.05, 3.63) is 249 Å². The van der Waals surface area contributed by atoms with Crippen LogP contribution in [0.1, 0.15) is 156 Å². The van der Waals surface area contributed by atoms with E-state index in [-0.39, 0.29) is 70.4 Å². The molecule has 9 aromatic carbocycles. The van der Waals surface area contributed by atoms with Crippen molar-refractivity contribution in [2.24, 2.45) is 33.2 Å². The topological polar surface area (TPSA) is 233 Å². The highest BCUT2D eigenvalue weighted by Crippen LogP contribution is 2.39. The minimum Gasteiger partial charge on any atom is -0.341 e. The van der Waals surface area contributed by atoms with E-state index in [1.165, 1.54) is 20.8 Å². The second-order valence-electron chi connectivity index (χ2n) is 26.1. The summed E-state index contributed by atoms with van der Waals surface area (Å²) in [6.45, 7) is 17.6. The molecule has 2 unspecified atom stereocenters. The maximum absolute atomic E-state index is 14.3. The molecule has 510 valence electrons. The zero-order valence-corrected chi connectivity index (χ0v) is 57.9. The Hall–Kier alpha value is -12.2. The van der Waals surface area contributed by atoms with Gasteiger partial charge in [0.05, 0.1) is 17.8 Å². The zero-order chi connectivity index (χ0) is 71.9. The molecule has 0 aliphatic heterocycles. The van der Waals surface area contributed by atoms with Gasteiger partial charge in [-0.2, -0.15) is 0 Å². The van der Waals surface area contributed by atoms with Gasteiger partial charge in [-0.3, -0.25) is 28.8 Å². The molecule has 0 bridgehead atoms. The Labute approximate surface area is 586 Å². The Kier molecular flexibility index (Phi) is 18.9. The highest BCUT2D eigenvalue weighted by molar-refractivity contribution is 6.47. The Bertz CT molecular complexity index is 5120. The molecule has 0 amide bonds. The van der Waals surface area contributed by atoms with Crippen molar-refractivity contribution in [1.82, 2.24) is 13.7 Å². The molecule has 0 saturated heterocycles. The summed E-state index contributed by atoms with van der Waals surface area (Å²) in [7, 11) is 0. The van der Waals surface area contributed by atoms with Gasteiger partial charge in [-0.25, -0.2) is 14.4 Å². The van der Waals surface area contributed by atoms with Crippen LogP contribution >= 0.6 is 0 Å². The molecule has 12 aromatic rings. The van der Waals surface area contributed by atoms with Gasteiger partial charge >= 0.3 is 17.9 Å². The van der Waals surface area contributed by atoms with Crippen LogP contribution in [0.15, 0.2) is 197 Å². The minimum atomic E-state index is -1.22. The standard InChI is InChI=1S/C84H72N6O12/c1-10-88-70-31-25-52(40-64(70)67-43-55(28-34-73(67)88)79(94)61-22-16-13-19-46(61)4)76(91)49(7)85-100-82(97)58-37-59(83(98)101-86-50(8)77(92)53-26-32-71-65(41-53)68-44-56(29-35-74(68)89(71)11-2)80(95)62-23-17-14-20-47(62)5)39-60(38-58)84(99)102-87-51(9)78(93)54-27-33-72-66(42-54)69-45-57(30-36-75(69)90(72)12-3)81(96)63-24-18-15-21-48(63)6/h13-36,40-45,58-60H,10-12,37-39H2,1-9H3/b85-49-,86-50+,87-51+. The third-order valence-electron chi connectivity index (χ3n) is 19.8. The Morgan fingerprint density at radius 1 is 0.324 bits per heavy atom. The number of benzene rings is 9. The number of hydrogen-bond donors (Lipinski definition) is 0. The highest BCUT2D eigenvalue weighted by Gasteiger charge is 2.42. The predicted molar refractivity (Wildman–Crippen MR) is 394 cm³/mol. The van der Waals surface area contributed by atoms with E-state index >= 15 is 0 Å². The first-order valence-corrected chi connectivity index (χ1v) is 34.1. The summed E-state index contributed by atoms with van der Waals surface area (Å²) >= 11 is 0. The number of carbonyl (C=O) groups is 9. The van der Waals surface area contributed by atoms with E-state index in [1.54, 1.807) is 72.8 Å². The van der Waals surface area contributed by atoms with Gasteiger partial charge < -0.3 is 28.2 Å². The average Bonchev–Trinajstić information content (AvgIpc) is 1.61. The lowest BCUT2D eigenvalue weighted by atomic mass is 9.75. The fraction of sp³-hybridized carbons (Fsp3) is 0.214. The molecule has 13 rings (SSSR count). The van der Waals surface area contributed by atoms with E-state index < -0.39 is 53.0 Å². The van der Waals surface area contributed by atoms with Crippen LogP contribution in [0.4, 0.5) is 0 Å². The van der Waals surface area contributed by atoms with Crippen LogP contribution in [0.5, 0.6) is 0 Å². The van der Waals surface area contributed by atoms with E-state index in [4.69, 9.17) is 14.5 Å². The summed E-state index contributed by atoms with van der Waals surface area (Å²) < 4.78 is 6.27. The SMILES string of the molecule is CCn1c2ccc(C(=O)/C(C)=N\OC(=O)C3CC(C(=O)O/N=C(\C)C(=O)c4ccc5c(c4)c4cc(C(=O)c6ccccc6C)ccc4n5CC)CC(C(=O)O/N=C(\C)C(=O)c4ccc5c(c4)c4cc(C(=O)c6ccccc6C)ccc4n5CC)C3)cc2c2cc(C(=O)c3ccccc3C)ccc21. The summed E-state index contributed by atoms with van der Waals surface area (Å²) in [5.41, 5.74) is 10.9. The smallest absolute Gasteiger partial charge is 0.338 e. The molecule has 1 aliphatic carbocycles. The van der Waals surface area contributed by atoms with Gasteiger partial charge in [-0.05, 0) is 207 Å². The van der Waals surface area contributed by atoms with Gasteiger partial charge in [0, 0.05) is 135 Å². The van der Waals surface area contributed by atoms with Crippen molar-refractivity contribution in [2.45, 2.75) is 101 Å². The summed E-state index contributed by atoms with van der Waals surface area (Å²) in [6, 6.07) is 54.2. The van der Waals surface area contributed by atoms with Crippen molar-refractivity contribution in [3.63, 3.8) is 0 Å². The minimum absolute atomic E-state index is 0.138. The number of aryl methyl sites for hydroxylation is 6. The van der Waals surface area contributed by atoms with Crippen molar-refractivity contribution in [1.29, 1.82) is 0 Å². The number of aromatic nitrogens is 3. The zero-order valence-electron chi connectivity index (χ0n) is 57.9. The lowest BCUT2D eigenvalue weighted by Crippen LogP contribution is -2.36. The summed E-state index contributed by atoms with van der Waals surface area (Å²) in [5.74, 6) is -8.71. The summed E-state index contributed by atoms with van der Waals surface area (Å²) in [6.07, 6.45) is -0.694. The fourth-order valence-corrected chi connectivity index (χ4v) is 14.3. The van der Waals surface area contributed by atoms with E-state index in [2.05, 4.69) is 29.2 Å². The van der Waals surface area contributed by atoms with Gasteiger partial charge in [0.15, 0.2) is 17.3 Å². The van der Waals surface area contributed by atoms with E-state index in [0.717, 1.165) is 82.1 Å². The number of oxime groups is 3. The Balaban J connectivity index is 0.755. The van der Waals surface area contributed by atoms with Crippen LogP contribution in [-0.2, 0) is 48.5 Å². The summed E-state index contributed by atoms with van der Waals surface area (Å²) in [4.78, 5) is 143. The molecule has 1 fully saturated rings. The van der Waals surface area contributed by atoms with Gasteiger partial charge in [0.2, 0.25) is 17.3 Å². The molecule has 102 heavy (non-hydrogen) atoms. The Morgan fingerprint density at radius 2 is 0.539 bits per heavy atom. The van der Waals surface area contributed by atoms with Gasteiger partial charge in [0.1, 0.15) is 17.1 Å². The Morgan fingerprint density at radius 3 is 0.765 bits per heavy atom. The molecule has 0 radical (unpaired) electrons. The lowest BCUT2D eigenvalue weighted by Gasteiger charge is -2.29. The normalized spacial score (nSPS) is 15.1. The number of Topliss-reactive ketones (excluding diaryl/α,β-unsaturated/α-hetero) is 3. The summed E-state index contributed by atoms with van der Waals surface area (Å²) in [5, 5.41) is 16.4. The van der Waals surface area contributed by atoms with Crippen LogP contribution in [0.3, 0.4) is 0 Å². The van der Waals surface area contributed by atoms with E-state index in [9.17, 15) is 43.2 Å². The number of hydrogen-bond acceptors (Lipinski definition) is 15. The molecule has 0 spiro atoms. The van der Waals surface area contributed by atoms with Crippen LogP contribution < -0.4 is 0 Å². The van der Waals surface area contributed by atoms with Crippen molar-refractivity contribution in [2.75, 3.05) is 0 Å². The molecular weight excluding hydrogens is 1280 g/mol. The number of ketones is 6. The monoisotopic (exact) mass is 1360 g/mol. The average molecular weight is 1360 g/mol. The number of fused-ring (bicyclic) bond motifs is 9. The molecule has 3 aromatic heterocycles. The molecule has 1 saturated carbocycles. The van der Waals surface area contributed by atoms with Crippen LogP contribution in [0, 0.1) is 38.5 Å². The first-order chi connectivity index (χ1) is 49.2. The maximum Gasteiger partial charge on any atom is 0.338 e. The molecule has 18 nitrogen and oxygen atoms in total. The first kappa shape index (κ1) is 68.3. The highest BCUT2D eigenvalue weighted by atomic mass is 16.7. The van der Waals surface area contributed by atoms with Crippen LogP contribution in [0.25, 0.3) is 65.4 Å². The van der Waals surface area contributed by atoms with Gasteiger partial charge in [-0.15, -0.1) is 0 Å². The number of rotatable bonds is 21. The molecular formula is C84H72N6O12. The van der Waals surface area contributed by atoms with E-state index in [0.29, 0.717) is 53.0 Å². The second-order valence-corrected chi connectivity index (χ2v) is 26.1. The van der Waals surface area contributed by atoms with Crippen molar-refractivity contribution in [3.8, 4) is 0 Å². The first-order valence-electron chi connectivity index (χ1n) is 34.1. The second kappa shape index (κ2) is 28.2. The molecule has 18 heteroatoms. The molecule has 0 N–H and O–H groups in total. The molecule has 1 aliphatic rings. The lowest BCUT2D eigenvalue weighted by molar-refractivity contribution is -0.161. The number of nitrogens with zero attached hydrogens (tertiary/aromatic N) is 6. The molecule has 3 heterocycles. The third kappa shape index (κ3) is 12.8. The fourth-order valence-electron chi connectivity index (χ4n) is 14.3. The van der Waals surface area contributed by atoms with Crippen LogP contribution in [0.2, 0.25) is 0 Å². The van der Waals surface area contributed by atoms with Crippen molar-refractivity contribution >= 4 is 135 Å².